The highest BCUT2D eigenvalue weighted by Crippen LogP contribution is 2.31. The number of halogens is 3. The molecule has 0 saturated carbocycles. The molecule has 0 spiro atoms. The van der Waals surface area contributed by atoms with E-state index in [2.05, 4.69) is 0 Å². The minimum atomic E-state index is -4.06. The molecule has 1 amide bonds. The van der Waals surface area contributed by atoms with Gasteiger partial charge in [-0.25, -0.2) is 8.42 Å². The van der Waals surface area contributed by atoms with Crippen LogP contribution in [-0.4, -0.2) is 45.5 Å². The molecule has 1 aliphatic rings. The second-order valence-electron chi connectivity index (χ2n) is 4.63. The van der Waals surface area contributed by atoms with Gasteiger partial charge in [0.05, 0.1) is 28.3 Å². The Labute approximate surface area is 137 Å². The van der Waals surface area contributed by atoms with E-state index in [1.807, 2.05) is 0 Å². The first-order valence-electron chi connectivity index (χ1n) is 6.00. The van der Waals surface area contributed by atoms with Crippen molar-refractivity contribution < 1.29 is 17.9 Å². The molecule has 0 aromatic heterocycles. The number of carbonyl (C=O) groups is 1. The summed E-state index contributed by atoms with van der Waals surface area (Å²) in [6.07, 6.45) is 0.716. The van der Waals surface area contributed by atoms with Gasteiger partial charge < -0.3 is 9.64 Å². The van der Waals surface area contributed by atoms with Gasteiger partial charge >= 0.3 is 0 Å². The minimum Gasteiger partial charge on any atom is -0.379 e. The summed E-state index contributed by atoms with van der Waals surface area (Å²) in [4.78, 5) is 13.6. The second-order valence-corrected chi connectivity index (χ2v) is 7.98. The van der Waals surface area contributed by atoms with Gasteiger partial charge in [0.25, 0.3) is 15.0 Å². The van der Waals surface area contributed by atoms with Gasteiger partial charge in [-0.15, -0.1) is 0 Å². The Morgan fingerprint density at radius 1 is 1.33 bits per heavy atom. The predicted octanol–water partition coefficient (Wildman–Crippen LogP) is 2.78. The smallest absolute Gasteiger partial charge is 0.262 e. The second kappa shape index (κ2) is 6.30. The van der Waals surface area contributed by atoms with Crippen LogP contribution in [0.1, 0.15) is 16.8 Å². The van der Waals surface area contributed by atoms with Crippen LogP contribution < -0.4 is 0 Å². The van der Waals surface area contributed by atoms with Crippen molar-refractivity contribution in [1.29, 1.82) is 0 Å². The van der Waals surface area contributed by atoms with Gasteiger partial charge in [0, 0.05) is 24.3 Å². The molecular formula is C12H12Cl3NO4S. The molecule has 2 rings (SSSR count). The molecule has 1 unspecified atom stereocenters. The highest BCUT2D eigenvalue weighted by atomic mass is 35.7. The van der Waals surface area contributed by atoms with E-state index >= 15 is 0 Å². The lowest BCUT2D eigenvalue weighted by Crippen LogP contribution is -2.37. The number of amides is 1. The molecule has 116 valence electrons. The monoisotopic (exact) mass is 371 g/mol. The number of hydrogen-bond donors (Lipinski definition) is 0. The summed E-state index contributed by atoms with van der Waals surface area (Å²) in [5.41, 5.74) is 0.0368. The Kier molecular flexibility index (Phi) is 5.05. The first-order chi connectivity index (χ1) is 9.71. The Bertz CT molecular complexity index is 671. The molecule has 1 heterocycles. The largest absolute Gasteiger partial charge is 0.379 e. The van der Waals surface area contributed by atoms with Crippen molar-refractivity contribution in [3.63, 3.8) is 0 Å². The van der Waals surface area contributed by atoms with Crippen LogP contribution in [0.25, 0.3) is 0 Å². The van der Waals surface area contributed by atoms with E-state index < -0.39 is 15.0 Å². The number of benzene rings is 1. The molecule has 5 nitrogen and oxygen atoms in total. The summed E-state index contributed by atoms with van der Waals surface area (Å²) in [6.45, 7) is 1.02. The van der Waals surface area contributed by atoms with Crippen molar-refractivity contribution in [2.24, 2.45) is 0 Å². The van der Waals surface area contributed by atoms with Crippen LogP contribution in [0.4, 0.5) is 0 Å². The third-order valence-corrected chi connectivity index (χ3v) is 5.39. The highest BCUT2D eigenvalue weighted by Gasteiger charge is 2.28. The molecule has 0 bridgehead atoms. The normalized spacial score (nSPS) is 18.8. The van der Waals surface area contributed by atoms with Crippen LogP contribution in [0.2, 0.25) is 10.0 Å². The van der Waals surface area contributed by atoms with Crippen molar-refractivity contribution in [3.05, 3.63) is 27.7 Å². The van der Waals surface area contributed by atoms with Crippen LogP contribution in [0, 0.1) is 0 Å². The number of carbonyl (C=O) groups excluding carboxylic acids is 1. The lowest BCUT2D eigenvalue weighted by atomic mass is 10.1. The molecule has 1 aromatic rings. The average Bonchev–Trinajstić information content (AvgIpc) is 2.89. The Balaban J connectivity index is 2.41. The fourth-order valence-electron chi connectivity index (χ4n) is 2.06. The van der Waals surface area contributed by atoms with E-state index in [1.54, 1.807) is 7.05 Å². The average molecular weight is 373 g/mol. The number of ether oxygens (including phenoxy) is 1. The van der Waals surface area contributed by atoms with Crippen LogP contribution in [0.3, 0.4) is 0 Å². The summed E-state index contributed by atoms with van der Waals surface area (Å²) in [5.74, 6) is -0.409. The lowest BCUT2D eigenvalue weighted by molar-refractivity contribution is 0.0711. The maximum absolute atomic E-state index is 12.4. The fraction of sp³-hybridized carbons (Fsp3) is 0.417. The molecule has 1 fully saturated rings. The van der Waals surface area contributed by atoms with Crippen molar-refractivity contribution in [2.75, 3.05) is 20.3 Å². The van der Waals surface area contributed by atoms with Gasteiger partial charge in [-0.1, -0.05) is 23.2 Å². The van der Waals surface area contributed by atoms with E-state index in [4.69, 9.17) is 38.6 Å². The van der Waals surface area contributed by atoms with Crippen LogP contribution in [0.5, 0.6) is 0 Å². The first kappa shape index (κ1) is 16.8. The summed E-state index contributed by atoms with van der Waals surface area (Å²) < 4.78 is 28.1. The molecule has 0 aliphatic carbocycles. The zero-order valence-corrected chi connectivity index (χ0v) is 14.1. The summed E-state index contributed by atoms with van der Waals surface area (Å²) in [5, 5.41) is -0.0572. The molecule has 9 heteroatoms. The molecule has 1 atom stereocenters. The number of nitrogens with zero attached hydrogens (tertiary/aromatic N) is 1. The Hall–Kier alpha value is -0.530. The molecule has 1 aromatic carbocycles. The quantitative estimate of drug-likeness (QED) is 0.765. The van der Waals surface area contributed by atoms with Crippen molar-refractivity contribution in [2.45, 2.75) is 17.4 Å². The van der Waals surface area contributed by atoms with Gasteiger partial charge in [-0.3, -0.25) is 4.79 Å². The maximum Gasteiger partial charge on any atom is 0.262 e. The first-order valence-corrected chi connectivity index (χ1v) is 9.07. The molecule has 1 saturated heterocycles. The predicted molar refractivity (Wildman–Crippen MR) is 80.8 cm³/mol. The number of hydrogen-bond acceptors (Lipinski definition) is 4. The Morgan fingerprint density at radius 3 is 2.52 bits per heavy atom. The topological polar surface area (TPSA) is 63.7 Å². The van der Waals surface area contributed by atoms with E-state index in [-0.39, 0.29) is 26.5 Å². The minimum absolute atomic E-state index is 0.0368. The van der Waals surface area contributed by atoms with Crippen molar-refractivity contribution in [1.82, 2.24) is 4.90 Å². The molecular weight excluding hydrogens is 361 g/mol. The van der Waals surface area contributed by atoms with Crippen molar-refractivity contribution >= 4 is 48.8 Å². The molecule has 0 N–H and O–H groups in total. The van der Waals surface area contributed by atoms with Crippen molar-refractivity contribution in [3.8, 4) is 0 Å². The van der Waals surface area contributed by atoms with Gasteiger partial charge in [0.1, 0.15) is 4.90 Å². The number of likely N-dealkylation sites (N-methyl/N-ethyl adjacent to an activating group) is 1. The lowest BCUT2D eigenvalue weighted by Gasteiger charge is -2.24. The summed E-state index contributed by atoms with van der Waals surface area (Å²) in [6, 6.07) is 2.23. The zero-order valence-electron chi connectivity index (χ0n) is 11.0. The highest BCUT2D eigenvalue weighted by molar-refractivity contribution is 8.13. The van der Waals surface area contributed by atoms with E-state index in [9.17, 15) is 13.2 Å². The van der Waals surface area contributed by atoms with Crippen LogP contribution >= 0.6 is 33.9 Å². The maximum atomic E-state index is 12.4. The van der Waals surface area contributed by atoms with E-state index in [1.165, 1.54) is 11.0 Å². The molecule has 0 radical (unpaired) electrons. The van der Waals surface area contributed by atoms with Gasteiger partial charge in [0.2, 0.25) is 0 Å². The van der Waals surface area contributed by atoms with E-state index in [0.29, 0.717) is 19.6 Å². The van der Waals surface area contributed by atoms with Crippen LogP contribution in [0.15, 0.2) is 17.0 Å². The Morgan fingerprint density at radius 2 is 2.00 bits per heavy atom. The van der Waals surface area contributed by atoms with E-state index in [0.717, 1.165) is 6.07 Å². The van der Waals surface area contributed by atoms with Crippen LogP contribution in [-0.2, 0) is 13.8 Å². The summed E-state index contributed by atoms with van der Waals surface area (Å²) in [7, 11) is 2.85. The van der Waals surface area contributed by atoms with Gasteiger partial charge in [-0.05, 0) is 18.6 Å². The third-order valence-electron chi connectivity index (χ3n) is 3.29. The van der Waals surface area contributed by atoms with Gasteiger partial charge in [-0.2, -0.15) is 0 Å². The standard InChI is InChI=1S/C12H12Cl3NO4S/c1-16(7-2-3-20-6-7)12(17)8-4-11(21(15,18)19)10(14)5-9(8)13/h4-5,7H,2-3,6H2,1H3. The third kappa shape index (κ3) is 3.63. The molecule has 1 aliphatic heterocycles. The SMILES string of the molecule is CN(C(=O)c1cc(S(=O)(=O)Cl)c(Cl)cc1Cl)C1CCOC1. The van der Waals surface area contributed by atoms with Gasteiger partial charge in [0.15, 0.2) is 0 Å². The molecule has 21 heavy (non-hydrogen) atoms. The fourth-order valence-corrected chi connectivity index (χ4v) is 3.88. The zero-order chi connectivity index (χ0) is 15.8. The summed E-state index contributed by atoms with van der Waals surface area (Å²) >= 11 is 11.8. The number of rotatable bonds is 3.